The van der Waals surface area contributed by atoms with Crippen LogP contribution in [0, 0.1) is 0 Å². The molecule has 8 nitrogen and oxygen atoms in total. The van der Waals surface area contributed by atoms with Gasteiger partial charge in [0.15, 0.2) is 5.58 Å². The molecule has 2 aromatic carbocycles. The summed E-state index contributed by atoms with van der Waals surface area (Å²) in [5, 5.41) is 0.0128. The van der Waals surface area contributed by atoms with Crippen LogP contribution in [0.4, 0.5) is 5.69 Å². The number of hydrogen-bond donors (Lipinski definition) is 1. The second-order valence-electron chi connectivity index (χ2n) is 7.24. The molecule has 1 amide bonds. The lowest BCUT2D eigenvalue weighted by atomic mass is 10.3. The van der Waals surface area contributed by atoms with Crippen LogP contribution in [0.15, 0.2) is 57.0 Å². The molecule has 1 fully saturated rings. The molecular weight excluding hydrogens is 438 g/mol. The number of anilines is 1. The van der Waals surface area contributed by atoms with E-state index in [0.717, 1.165) is 25.9 Å². The number of oxazole rings is 1. The number of nitrogens with one attached hydrogen (secondary N) is 1. The third kappa shape index (κ3) is 4.80. The number of sulfonamides is 1. The third-order valence-corrected chi connectivity index (χ3v) is 7.35. The number of rotatable bonds is 7. The molecule has 31 heavy (non-hydrogen) atoms. The number of thioether (sulfide) groups is 1. The van der Waals surface area contributed by atoms with Crippen molar-refractivity contribution in [2.75, 3.05) is 24.9 Å². The van der Waals surface area contributed by atoms with Gasteiger partial charge in [-0.3, -0.25) is 9.52 Å². The molecule has 1 aliphatic rings. The number of aromatic nitrogens is 1. The van der Waals surface area contributed by atoms with Crippen molar-refractivity contribution in [1.82, 2.24) is 9.88 Å². The Morgan fingerprint density at radius 3 is 2.58 bits per heavy atom. The number of amides is 1. The first-order valence-electron chi connectivity index (χ1n) is 9.88. The van der Waals surface area contributed by atoms with Crippen molar-refractivity contribution in [3.63, 3.8) is 0 Å². The van der Waals surface area contributed by atoms with E-state index in [-0.39, 0.29) is 16.1 Å². The highest BCUT2D eigenvalue weighted by atomic mass is 32.2. The van der Waals surface area contributed by atoms with Gasteiger partial charge in [0.05, 0.1) is 17.3 Å². The molecule has 164 valence electrons. The highest BCUT2D eigenvalue weighted by Crippen LogP contribution is 2.30. The zero-order valence-corrected chi connectivity index (χ0v) is 18.8. The van der Waals surface area contributed by atoms with Crippen LogP contribution < -0.4 is 9.46 Å². The van der Waals surface area contributed by atoms with Crippen molar-refractivity contribution in [1.29, 1.82) is 0 Å². The minimum absolute atomic E-state index is 0.0664. The van der Waals surface area contributed by atoms with Crippen LogP contribution in [0.2, 0.25) is 0 Å². The smallest absolute Gasteiger partial charge is 0.261 e. The zero-order valence-electron chi connectivity index (χ0n) is 17.2. The average molecular weight is 462 g/mol. The molecule has 0 saturated carbocycles. The lowest BCUT2D eigenvalue weighted by Crippen LogP contribution is -2.34. The quantitative estimate of drug-likeness (QED) is 0.535. The molecule has 0 radical (unpaired) electrons. The number of carbonyl (C=O) groups is 1. The summed E-state index contributed by atoms with van der Waals surface area (Å²) in [5.74, 6) is 0.700. The van der Waals surface area contributed by atoms with E-state index in [4.69, 9.17) is 9.15 Å². The van der Waals surface area contributed by atoms with Gasteiger partial charge in [-0.15, -0.1) is 0 Å². The summed E-state index contributed by atoms with van der Waals surface area (Å²) in [6, 6.07) is 11.1. The van der Waals surface area contributed by atoms with E-state index in [9.17, 15) is 13.2 Å². The maximum Gasteiger partial charge on any atom is 0.261 e. The van der Waals surface area contributed by atoms with Crippen molar-refractivity contribution in [2.45, 2.75) is 35.1 Å². The number of carbonyl (C=O) groups excluding carboxylic acids is 1. The van der Waals surface area contributed by atoms with Crippen LogP contribution in [0.25, 0.3) is 11.1 Å². The molecule has 0 unspecified atom stereocenters. The molecule has 1 aliphatic heterocycles. The molecule has 1 saturated heterocycles. The van der Waals surface area contributed by atoms with Crippen LogP contribution in [-0.4, -0.2) is 49.7 Å². The van der Waals surface area contributed by atoms with Gasteiger partial charge < -0.3 is 14.1 Å². The van der Waals surface area contributed by atoms with E-state index in [1.807, 2.05) is 11.8 Å². The van der Waals surface area contributed by atoms with E-state index in [0.29, 0.717) is 27.8 Å². The first-order chi connectivity index (χ1) is 14.9. The van der Waals surface area contributed by atoms with Gasteiger partial charge in [0.2, 0.25) is 5.91 Å². The van der Waals surface area contributed by atoms with Gasteiger partial charge in [-0.1, -0.05) is 11.8 Å². The van der Waals surface area contributed by atoms with Crippen LogP contribution >= 0.6 is 11.8 Å². The number of ether oxygens (including phenoxy) is 1. The molecule has 0 bridgehead atoms. The highest BCUT2D eigenvalue weighted by Gasteiger charge is 2.26. The Balaban J connectivity index is 1.50. The molecule has 1 atom stereocenters. The topological polar surface area (TPSA) is 102 Å². The van der Waals surface area contributed by atoms with Crippen LogP contribution in [0.1, 0.15) is 19.8 Å². The maximum absolute atomic E-state index is 12.8. The van der Waals surface area contributed by atoms with Crippen LogP contribution in [0.5, 0.6) is 5.75 Å². The summed E-state index contributed by atoms with van der Waals surface area (Å²) in [7, 11) is -2.26. The van der Waals surface area contributed by atoms with Crippen molar-refractivity contribution in [3.8, 4) is 5.75 Å². The molecule has 0 aliphatic carbocycles. The van der Waals surface area contributed by atoms with Gasteiger partial charge in [0, 0.05) is 18.8 Å². The Labute approximate surface area is 185 Å². The standard InChI is InChI=1S/C21H23N3O5S2/c1-14(20(25)24-11-3-4-12-24)30-21-22-18-13-17(9-10-19(18)29-21)31(26,27)23-15-5-7-16(28-2)8-6-15/h5-10,13-14,23H,3-4,11-12H2,1-2H3/t14-/m1/s1. The summed E-state index contributed by atoms with van der Waals surface area (Å²) in [4.78, 5) is 18.8. The first-order valence-corrected chi connectivity index (χ1v) is 12.2. The molecule has 10 heteroatoms. The Hall–Kier alpha value is -2.72. The second kappa shape index (κ2) is 8.80. The minimum Gasteiger partial charge on any atom is -0.497 e. The summed E-state index contributed by atoms with van der Waals surface area (Å²) in [6.45, 7) is 3.41. The van der Waals surface area contributed by atoms with Gasteiger partial charge in [0.1, 0.15) is 11.3 Å². The molecule has 1 aromatic heterocycles. The van der Waals surface area contributed by atoms with Crippen molar-refractivity contribution in [2.24, 2.45) is 0 Å². The SMILES string of the molecule is COc1ccc(NS(=O)(=O)c2ccc3oc(S[C@H](C)C(=O)N4CCCC4)nc3c2)cc1. The van der Waals surface area contributed by atoms with E-state index in [2.05, 4.69) is 9.71 Å². The van der Waals surface area contributed by atoms with E-state index < -0.39 is 10.0 Å². The normalized spacial score (nSPS) is 15.2. The van der Waals surface area contributed by atoms with E-state index in [1.165, 1.54) is 23.9 Å². The minimum atomic E-state index is -3.80. The summed E-state index contributed by atoms with van der Waals surface area (Å²) >= 11 is 1.24. The van der Waals surface area contributed by atoms with Crippen LogP contribution in [0.3, 0.4) is 0 Å². The van der Waals surface area contributed by atoms with Crippen molar-refractivity contribution in [3.05, 3.63) is 42.5 Å². The fourth-order valence-electron chi connectivity index (χ4n) is 3.37. The molecule has 0 spiro atoms. The van der Waals surface area contributed by atoms with Gasteiger partial charge >= 0.3 is 0 Å². The monoisotopic (exact) mass is 461 g/mol. The molecule has 1 N–H and O–H groups in total. The predicted octanol–water partition coefficient (Wildman–Crippen LogP) is 3.74. The van der Waals surface area contributed by atoms with Gasteiger partial charge in [-0.25, -0.2) is 13.4 Å². The number of nitrogens with zero attached hydrogens (tertiary/aromatic N) is 2. The van der Waals surface area contributed by atoms with Gasteiger partial charge in [-0.2, -0.15) is 0 Å². The largest absolute Gasteiger partial charge is 0.497 e. The first kappa shape index (κ1) is 21.5. The lowest BCUT2D eigenvalue weighted by molar-refractivity contribution is -0.129. The number of benzene rings is 2. The van der Waals surface area contributed by atoms with E-state index in [1.54, 1.807) is 37.4 Å². The summed E-state index contributed by atoms with van der Waals surface area (Å²) in [5.41, 5.74) is 1.30. The Morgan fingerprint density at radius 2 is 1.90 bits per heavy atom. The van der Waals surface area contributed by atoms with Crippen LogP contribution in [-0.2, 0) is 14.8 Å². The highest BCUT2D eigenvalue weighted by molar-refractivity contribution is 8.00. The average Bonchev–Trinajstić information content (AvgIpc) is 3.42. The third-order valence-electron chi connectivity index (χ3n) is 5.04. The van der Waals surface area contributed by atoms with E-state index >= 15 is 0 Å². The summed E-state index contributed by atoms with van der Waals surface area (Å²) in [6.07, 6.45) is 2.07. The predicted molar refractivity (Wildman–Crippen MR) is 119 cm³/mol. The molecule has 2 heterocycles. The number of methoxy groups -OCH3 is 1. The van der Waals surface area contributed by atoms with Gasteiger partial charge in [-0.05, 0) is 62.2 Å². The molecular formula is C21H23N3O5S2. The van der Waals surface area contributed by atoms with Crippen molar-refractivity contribution < 1.29 is 22.4 Å². The second-order valence-corrected chi connectivity index (χ2v) is 10.2. The Kier molecular flexibility index (Phi) is 6.10. The Morgan fingerprint density at radius 1 is 1.19 bits per heavy atom. The molecule has 4 rings (SSSR count). The number of fused-ring (bicyclic) bond motifs is 1. The maximum atomic E-state index is 12.8. The summed E-state index contributed by atoms with van der Waals surface area (Å²) < 4.78 is 38.9. The Bertz CT molecular complexity index is 1190. The van der Waals surface area contributed by atoms with Gasteiger partial charge in [0.25, 0.3) is 15.2 Å². The van der Waals surface area contributed by atoms with Crippen molar-refractivity contribution >= 4 is 44.5 Å². The number of hydrogen-bond acceptors (Lipinski definition) is 7. The zero-order chi connectivity index (χ0) is 22.0. The number of likely N-dealkylation sites (tertiary alicyclic amines) is 1. The lowest BCUT2D eigenvalue weighted by Gasteiger charge is -2.18. The molecule has 3 aromatic rings. The fourth-order valence-corrected chi connectivity index (χ4v) is 5.29. The fraction of sp³-hybridized carbons (Fsp3) is 0.333.